The standard InChI is InChI=1S/C15H19NO5/c1-8-11-6-7-15(4,5)21-14(11)12(16(18)19)9(2)13(8)20-10(3)17/h6-7H2,1-5H3. The van der Waals surface area contributed by atoms with Crippen molar-refractivity contribution in [1.29, 1.82) is 0 Å². The van der Waals surface area contributed by atoms with Crippen LogP contribution in [0.2, 0.25) is 0 Å². The molecule has 0 saturated heterocycles. The van der Waals surface area contributed by atoms with Crippen LogP contribution in [0, 0.1) is 24.0 Å². The Labute approximate surface area is 123 Å². The molecule has 0 N–H and O–H groups in total. The van der Waals surface area contributed by atoms with E-state index < -0.39 is 16.5 Å². The smallest absolute Gasteiger partial charge is 0.317 e. The first-order chi connectivity index (χ1) is 9.64. The second-order valence-electron chi connectivity index (χ2n) is 5.95. The zero-order chi connectivity index (χ0) is 15.9. The number of hydrogen-bond donors (Lipinski definition) is 0. The van der Waals surface area contributed by atoms with Crippen LogP contribution in [-0.4, -0.2) is 16.5 Å². The minimum absolute atomic E-state index is 0.111. The lowest BCUT2D eigenvalue weighted by atomic mass is 9.89. The largest absolute Gasteiger partial charge is 0.481 e. The first-order valence-electron chi connectivity index (χ1n) is 6.82. The summed E-state index contributed by atoms with van der Waals surface area (Å²) < 4.78 is 11.0. The fourth-order valence-electron chi connectivity index (χ4n) is 2.69. The molecule has 0 atom stereocenters. The summed E-state index contributed by atoms with van der Waals surface area (Å²) in [5.41, 5.74) is 1.25. The Morgan fingerprint density at radius 2 is 1.95 bits per heavy atom. The maximum atomic E-state index is 11.4. The number of nitro benzene ring substituents is 1. The number of benzene rings is 1. The van der Waals surface area contributed by atoms with Crippen LogP contribution in [0.3, 0.4) is 0 Å². The van der Waals surface area contributed by atoms with Crippen LogP contribution in [0.4, 0.5) is 5.69 Å². The SMILES string of the molecule is CC(=O)Oc1c(C)c2c(c([N+](=O)[O-])c1C)OC(C)(C)CC2. The van der Waals surface area contributed by atoms with Gasteiger partial charge in [-0.05, 0) is 46.1 Å². The molecule has 6 heteroatoms. The van der Waals surface area contributed by atoms with Crippen molar-refractivity contribution in [2.75, 3.05) is 0 Å². The molecule has 0 aromatic heterocycles. The van der Waals surface area contributed by atoms with E-state index in [1.807, 2.05) is 13.8 Å². The zero-order valence-electron chi connectivity index (χ0n) is 12.9. The Morgan fingerprint density at radius 3 is 2.48 bits per heavy atom. The van der Waals surface area contributed by atoms with Crippen molar-refractivity contribution >= 4 is 11.7 Å². The molecule has 0 bridgehead atoms. The Kier molecular flexibility index (Phi) is 3.65. The molecule has 1 aliphatic heterocycles. The molecule has 0 unspecified atom stereocenters. The van der Waals surface area contributed by atoms with Crippen LogP contribution < -0.4 is 9.47 Å². The summed E-state index contributed by atoms with van der Waals surface area (Å²) in [6.45, 7) is 8.47. The number of hydrogen-bond acceptors (Lipinski definition) is 5. The Hall–Kier alpha value is -2.11. The average Bonchev–Trinajstić information content (AvgIpc) is 2.32. The Bertz CT molecular complexity index is 634. The van der Waals surface area contributed by atoms with E-state index in [-0.39, 0.29) is 11.4 Å². The number of rotatable bonds is 2. The Morgan fingerprint density at radius 1 is 1.33 bits per heavy atom. The van der Waals surface area contributed by atoms with Gasteiger partial charge in [-0.25, -0.2) is 0 Å². The maximum absolute atomic E-state index is 11.4. The maximum Gasteiger partial charge on any atom is 0.317 e. The molecule has 0 aliphatic carbocycles. The molecular weight excluding hydrogens is 274 g/mol. The first kappa shape index (κ1) is 15.3. The van der Waals surface area contributed by atoms with Crippen LogP contribution >= 0.6 is 0 Å². The van der Waals surface area contributed by atoms with Gasteiger partial charge in [0.05, 0.1) is 10.5 Å². The monoisotopic (exact) mass is 293 g/mol. The van der Waals surface area contributed by atoms with Gasteiger partial charge in [0.1, 0.15) is 11.4 Å². The number of nitro groups is 1. The van der Waals surface area contributed by atoms with Crippen molar-refractivity contribution < 1.29 is 19.2 Å². The summed E-state index contributed by atoms with van der Waals surface area (Å²) in [6, 6.07) is 0. The molecule has 0 saturated carbocycles. The number of fused-ring (bicyclic) bond motifs is 1. The summed E-state index contributed by atoms with van der Waals surface area (Å²) >= 11 is 0. The molecule has 6 nitrogen and oxygen atoms in total. The lowest BCUT2D eigenvalue weighted by molar-refractivity contribution is -0.387. The molecule has 0 fully saturated rings. The molecule has 0 spiro atoms. The highest BCUT2D eigenvalue weighted by Gasteiger charge is 2.37. The molecular formula is C15H19NO5. The second-order valence-corrected chi connectivity index (χ2v) is 5.95. The molecule has 1 aliphatic rings. The summed E-state index contributed by atoms with van der Waals surface area (Å²) in [4.78, 5) is 22.2. The fraction of sp³-hybridized carbons (Fsp3) is 0.533. The van der Waals surface area contributed by atoms with E-state index >= 15 is 0 Å². The van der Waals surface area contributed by atoms with Crippen LogP contribution in [0.1, 0.15) is 43.9 Å². The zero-order valence-corrected chi connectivity index (χ0v) is 12.9. The van der Waals surface area contributed by atoms with E-state index in [9.17, 15) is 14.9 Å². The molecule has 114 valence electrons. The van der Waals surface area contributed by atoms with Crippen molar-refractivity contribution in [2.45, 2.75) is 53.1 Å². The van der Waals surface area contributed by atoms with E-state index in [0.29, 0.717) is 17.7 Å². The van der Waals surface area contributed by atoms with Crippen LogP contribution in [0.25, 0.3) is 0 Å². The number of esters is 1. The molecule has 0 radical (unpaired) electrons. The number of carbonyl (C=O) groups is 1. The molecule has 1 heterocycles. The summed E-state index contributed by atoms with van der Waals surface area (Å²) in [6.07, 6.45) is 1.41. The minimum Gasteiger partial charge on any atom is -0.481 e. The van der Waals surface area contributed by atoms with E-state index in [1.54, 1.807) is 13.8 Å². The molecule has 2 rings (SSSR count). The molecule has 21 heavy (non-hydrogen) atoms. The third-order valence-electron chi connectivity index (χ3n) is 3.76. The second kappa shape index (κ2) is 5.02. The van der Waals surface area contributed by atoms with Crippen LogP contribution in [-0.2, 0) is 11.2 Å². The van der Waals surface area contributed by atoms with Crippen LogP contribution in [0.15, 0.2) is 0 Å². The van der Waals surface area contributed by atoms with E-state index in [2.05, 4.69) is 0 Å². The van der Waals surface area contributed by atoms with Gasteiger partial charge < -0.3 is 9.47 Å². The van der Waals surface area contributed by atoms with Crippen molar-refractivity contribution in [2.24, 2.45) is 0 Å². The number of ether oxygens (including phenoxy) is 2. The number of carbonyl (C=O) groups excluding carboxylic acids is 1. The van der Waals surface area contributed by atoms with Crippen molar-refractivity contribution in [1.82, 2.24) is 0 Å². The predicted octanol–water partition coefficient (Wildman–Crippen LogP) is 3.24. The fourth-order valence-corrected chi connectivity index (χ4v) is 2.69. The third-order valence-corrected chi connectivity index (χ3v) is 3.76. The van der Waals surface area contributed by atoms with Gasteiger partial charge in [0, 0.05) is 12.5 Å². The summed E-state index contributed by atoms with van der Waals surface area (Å²) in [7, 11) is 0. The normalized spacial score (nSPS) is 15.9. The summed E-state index contributed by atoms with van der Waals surface area (Å²) in [5, 5.41) is 11.4. The molecule has 1 aromatic carbocycles. The van der Waals surface area contributed by atoms with Gasteiger partial charge in [0.15, 0.2) is 0 Å². The van der Waals surface area contributed by atoms with E-state index in [1.165, 1.54) is 6.92 Å². The Balaban J connectivity index is 2.74. The molecule has 1 aromatic rings. The van der Waals surface area contributed by atoms with Crippen molar-refractivity contribution in [3.05, 3.63) is 26.8 Å². The van der Waals surface area contributed by atoms with Crippen molar-refractivity contribution in [3.63, 3.8) is 0 Å². The van der Waals surface area contributed by atoms with Crippen LogP contribution in [0.5, 0.6) is 11.5 Å². The highest BCUT2D eigenvalue weighted by Crippen LogP contribution is 2.47. The minimum atomic E-state index is -0.493. The predicted molar refractivity (Wildman–Crippen MR) is 76.9 cm³/mol. The lowest BCUT2D eigenvalue weighted by Gasteiger charge is -2.33. The van der Waals surface area contributed by atoms with Crippen molar-refractivity contribution in [3.8, 4) is 11.5 Å². The van der Waals surface area contributed by atoms with Gasteiger partial charge in [0.25, 0.3) is 0 Å². The third kappa shape index (κ3) is 2.70. The summed E-state index contributed by atoms with van der Waals surface area (Å²) in [5.74, 6) is 0.0888. The molecule has 0 amide bonds. The van der Waals surface area contributed by atoms with Gasteiger partial charge in [-0.2, -0.15) is 0 Å². The van der Waals surface area contributed by atoms with Gasteiger partial charge >= 0.3 is 11.7 Å². The van der Waals surface area contributed by atoms with Gasteiger partial charge in [0.2, 0.25) is 5.75 Å². The average molecular weight is 293 g/mol. The first-order valence-corrected chi connectivity index (χ1v) is 6.82. The van der Waals surface area contributed by atoms with E-state index in [4.69, 9.17) is 9.47 Å². The highest BCUT2D eigenvalue weighted by molar-refractivity contribution is 5.74. The topological polar surface area (TPSA) is 78.7 Å². The van der Waals surface area contributed by atoms with Gasteiger partial charge in [-0.15, -0.1) is 0 Å². The van der Waals surface area contributed by atoms with E-state index in [0.717, 1.165) is 17.5 Å². The quantitative estimate of drug-likeness (QED) is 0.362. The highest BCUT2D eigenvalue weighted by atomic mass is 16.6. The number of nitrogens with zero attached hydrogens (tertiary/aromatic N) is 1. The lowest BCUT2D eigenvalue weighted by Crippen LogP contribution is -2.33. The van der Waals surface area contributed by atoms with Gasteiger partial charge in [-0.3, -0.25) is 14.9 Å². The van der Waals surface area contributed by atoms with Gasteiger partial charge in [-0.1, -0.05) is 0 Å².